The molecule has 0 saturated heterocycles. The molecule has 2 unspecified atom stereocenters. The van der Waals surface area contributed by atoms with Crippen LogP contribution in [0.3, 0.4) is 0 Å². The van der Waals surface area contributed by atoms with Crippen molar-refractivity contribution in [3.63, 3.8) is 0 Å². The van der Waals surface area contributed by atoms with E-state index >= 15 is 0 Å². The Balaban J connectivity index is 2.45. The molecule has 0 aromatic carbocycles. The molecular weight excluding hydrogens is 134 g/mol. The second kappa shape index (κ2) is 2.12. The van der Waals surface area contributed by atoms with E-state index in [9.17, 15) is 4.79 Å². The van der Waals surface area contributed by atoms with Crippen molar-refractivity contribution in [2.45, 2.75) is 18.9 Å². The summed E-state index contributed by atoms with van der Waals surface area (Å²) in [5.41, 5.74) is 4.14. The summed E-state index contributed by atoms with van der Waals surface area (Å²) >= 11 is 0. The number of aliphatic hydroxyl groups is 1. The third-order valence-corrected chi connectivity index (χ3v) is 1.96. The van der Waals surface area contributed by atoms with Crippen LogP contribution in [0.4, 0.5) is 4.79 Å². The Bertz CT molecular complexity index is 155. The average Bonchev–Trinajstić information content (AvgIpc) is 2.42. The lowest BCUT2D eigenvalue weighted by molar-refractivity contribution is 0.0370. The molecule has 10 heavy (non-hydrogen) atoms. The van der Waals surface area contributed by atoms with Gasteiger partial charge in [0.2, 0.25) is 0 Å². The molecule has 0 heterocycles. The summed E-state index contributed by atoms with van der Waals surface area (Å²) in [7, 11) is 0. The van der Waals surface area contributed by atoms with E-state index in [1.807, 2.05) is 6.92 Å². The molecule has 2 atom stereocenters. The number of carbonyl (C=O) groups is 1. The van der Waals surface area contributed by atoms with Crippen LogP contribution in [0.15, 0.2) is 0 Å². The highest BCUT2D eigenvalue weighted by Crippen LogP contribution is 2.45. The van der Waals surface area contributed by atoms with Crippen molar-refractivity contribution in [2.24, 2.45) is 11.7 Å². The van der Waals surface area contributed by atoms with Gasteiger partial charge in [-0.15, -0.1) is 0 Å². The molecule has 1 amide bonds. The highest BCUT2D eigenvalue weighted by atomic mass is 16.6. The number of ether oxygens (including phenoxy) is 1. The van der Waals surface area contributed by atoms with E-state index in [1.54, 1.807) is 0 Å². The van der Waals surface area contributed by atoms with Gasteiger partial charge < -0.3 is 15.6 Å². The van der Waals surface area contributed by atoms with Crippen molar-refractivity contribution in [3.05, 3.63) is 0 Å². The quantitative estimate of drug-likeness (QED) is 0.567. The molecule has 4 heteroatoms. The van der Waals surface area contributed by atoms with Gasteiger partial charge in [-0.3, -0.25) is 0 Å². The van der Waals surface area contributed by atoms with Crippen LogP contribution < -0.4 is 5.73 Å². The Morgan fingerprint density at radius 3 is 2.60 bits per heavy atom. The number of rotatable bonds is 2. The van der Waals surface area contributed by atoms with E-state index in [0.29, 0.717) is 6.42 Å². The lowest BCUT2D eigenvalue weighted by Gasteiger charge is -2.11. The standard InChI is InChI=1S/C6H11NO3/c1-4-2-6(4,3-8)10-5(7)9/h4,8H,2-3H2,1H3,(H2,7,9). The minimum Gasteiger partial charge on any atom is -0.440 e. The maximum absolute atomic E-state index is 10.2. The van der Waals surface area contributed by atoms with Crippen LogP contribution in [-0.4, -0.2) is 23.4 Å². The molecule has 4 nitrogen and oxygen atoms in total. The summed E-state index contributed by atoms with van der Waals surface area (Å²) in [5, 5.41) is 8.74. The normalized spacial score (nSPS) is 37.2. The molecule has 1 aliphatic rings. The van der Waals surface area contributed by atoms with Crippen LogP contribution in [0, 0.1) is 5.92 Å². The number of amides is 1. The first kappa shape index (κ1) is 7.34. The Labute approximate surface area is 59.0 Å². The van der Waals surface area contributed by atoms with E-state index in [-0.39, 0.29) is 12.5 Å². The molecule has 0 radical (unpaired) electrons. The van der Waals surface area contributed by atoms with E-state index < -0.39 is 11.7 Å². The summed E-state index contributed by atoms with van der Waals surface area (Å²) in [5.74, 6) is 0.241. The SMILES string of the molecule is CC1CC1(CO)OC(N)=O. The topological polar surface area (TPSA) is 72.6 Å². The van der Waals surface area contributed by atoms with Gasteiger partial charge in [-0.25, -0.2) is 4.79 Å². The first-order valence-corrected chi connectivity index (χ1v) is 3.20. The Hall–Kier alpha value is -0.770. The summed E-state index contributed by atoms with van der Waals surface area (Å²) in [6.45, 7) is 1.77. The van der Waals surface area contributed by atoms with Crippen molar-refractivity contribution in [1.82, 2.24) is 0 Å². The lowest BCUT2D eigenvalue weighted by Crippen LogP contribution is -2.28. The van der Waals surface area contributed by atoms with Crippen LogP contribution >= 0.6 is 0 Å². The van der Waals surface area contributed by atoms with Crippen molar-refractivity contribution in [1.29, 1.82) is 0 Å². The first-order chi connectivity index (χ1) is 4.60. The zero-order valence-electron chi connectivity index (χ0n) is 5.83. The van der Waals surface area contributed by atoms with Gasteiger partial charge in [0.25, 0.3) is 0 Å². The van der Waals surface area contributed by atoms with Gasteiger partial charge in [-0.2, -0.15) is 0 Å². The van der Waals surface area contributed by atoms with E-state index in [2.05, 4.69) is 0 Å². The number of hydrogen-bond donors (Lipinski definition) is 2. The van der Waals surface area contributed by atoms with E-state index in [4.69, 9.17) is 15.6 Å². The molecule has 3 N–H and O–H groups in total. The van der Waals surface area contributed by atoms with Crippen LogP contribution in [0.1, 0.15) is 13.3 Å². The number of nitrogens with two attached hydrogens (primary N) is 1. The zero-order chi connectivity index (χ0) is 7.78. The monoisotopic (exact) mass is 145 g/mol. The highest BCUT2D eigenvalue weighted by Gasteiger charge is 2.54. The first-order valence-electron chi connectivity index (χ1n) is 3.20. The maximum atomic E-state index is 10.2. The highest BCUT2D eigenvalue weighted by molar-refractivity contribution is 5.65. The van der Waals surface area contributed by atoms with Crippen LogP contribution in [0.2, 0.25) is 0 Å². The van der Waals surface area contributed by atoms with E-state index in [0.717, 1.165) is 0 Å². The predicted molar refractivity (Wildman–Crippen MR) is 34.3 cm³/mol. The predicted octanol–water partition coefficient (Wildman–Crippen LogP) is -0.147. The van der Waals surface area contributed by atoms with Crippen molar-refractivity contribution in [2.75, 3.05) is 6.61 Å². The Morgan fingerprint density at radius 1 is 2.00 bits per heavy atom. The zero-order valence-corrected chi connectivity index (χ0v) is 5.83. The summed E-state index contributed by atoms with van der Waals surface area (Å²) in [4.78, 5) is 10.2. The fourth-order valence-electron chi connectivity index (χ4n) is 1.05. The third-order valence-electron chi connectivity index (χ3n) is 1.96. The number of hydrogen-bond acceptors (Lipinski definition) is 3. The van der Waals surface area contributed by atoms with Gasteiger partial charge in [0.05, 0.1) is 6.61 Å². The molecule has 1 aliphatic carbocycles. The fourth-order valence-corrected chi connectivity index (χ4v) is 1.05. The summed E-state index contributed by atoms with van der Waals surface area (Å²) in [6.07, 6.45) is -0.0923. The average molecular weight is 145 g/mol. The summed E-state index contributed by atoms with van der Waals surface area (Å²) < 4.78 is 4.70. The van der Waals surface area contributed by atoms with Gasteiger partial charge in [0, 0.05) is 5.92 Å². The van der Waals surface area contributed by atoms with Gasteiger partial charge in [-0.1, -0.05) is 6.92 Å². The molecule has 1 saturated carbocycles. The van der Waals surface area contributed by atoms with Crippen molar-refractivity contribution in [3.8, 4) is 0 Å². The Kier molecular flexibility index (Phi) is 1.56. The van der Waals surface area contributed by atoms with Crippen LogP contribution in [0.25, 0.3) is 0 Å². The third kappa shape index (κ3) is 1.07. The number of primary amides is 1. The minimum atomic E-state index is -0.807. The van der Waals surface area contributed by atoms with Gasteiger partial charge >= 0.3 is 6.09 Å². The maximum Gasteiger partial charge on any atom is 0.405 e. The van der Waals surface area contributed by atoms with Crippen LogP contribution in [0.5, 0.6) is 0 Å². The fraction of sp³-hybridized carbons (Fsp3) is 0.833. The second-order valence-electron chi connectivity index (χ2n) is 2.75. The van der Waals surface area contributed by atoms with Gasteiger partial charge in [0.15, 0.2) is 0 Å². The number of aliphatic hydroxyl groups excluding tert-OH is 1. The van der Waals surface area contributed by atoms with Crippen molar-refractivity contribution < 1.29 is 14.6 Å². The molecule has 0 bridgehead atoms. The second-order valence-corrected chi connectivity index (χ2v) is 2.75. The molecule has 0 aromatic heterocycles. The minimum absolute atomic E-state index is 0.128. The molecule has 58 valence electrons. The molecule has 1 rings (SSSR count). The van der Waals surface area contributed by atoms with E-state index in [1.165, 1.54) is 0 Å². The van der Waals surface area contributed by atoms with Crippen LogP contribution in [-0.2, 0) is 4.74 Å². The molecule has 0 aromatic rings. The molecule has 1 fully saturated rings. The molecule has 0 spiro atoms. The Morgan fingerprint density at radius 2 is 2.50 bits per heavy atom. The lowest BCUT2D eigenvalue weighted by atomic mass is 10.3. The van der Waals surface area contributed by atoms with Crippen molar-refractivity contribution >= 4 is 6.09 Å². The molecular formula is C6H11NO3. The van der Waals surface area contributed by atoms with Gasteiger partial charge in [-0.05, 0) is 6.42 Å². The largest absolute Gasteiger partial charge is 0.440 e. The number of carbonyl (C=O) groups excluding carboxylic acids is 1. The van der Waals surface area contributed by atoms with Gasteiger partial charge in [0.1, 0.15) is 5.60 Å². The molecule has 0 aliphatic heterocycles. The summed E-state index contributed by atoms with van der Waals surface area (Å²) in [6, 6.07) is 0. The smallest absolute Gasteiger partial charge is 0.405 e.